The molecule has 6 N–H and O–H groups in total. The van der Waals surface area contributed by atoms with Gasteiger partial charge in [0.05, 0.1) is 17.9 Å². The Hall–Kier alpha value is -4.19. The first kappa shape index (κ1) is 31.3. The number of aromatic nitrogens is 2. The lowest BCUT2D eigenvalue weighted by Gasteiger charge is -2.28. The first-order valence-corrected chi connectivity index (χ1v) is 13.2. The summed E-state index contributed by atoms with van der Waals surface area (Å²) in [7, 11) is 1.61. The normalized spacial score (nSPS) is 17.5. The maximum absolute atomic E-state index is 13.2. The molecule has 0 spiro atoms. The summed E-state index contributed by atoms with van der Waals surface area (Å²) in [5, 5.41) is 13.0. The summed E-state index contributed by atoms with van der Waals surface area (Å²) < 4.78 is 31.7. The molecule has 0 aliphatic heterocycles. The van der Waals surface area contributed by atoms with Crippen LogP contribution >= 0.6 is 0 Å². The Balaban J connectivity index is 0.000000587. The standard InChI is InChI=1S/C27H33N5O2.C2HF3O2/c1-29-26(33)21-13-11-20(12-14-21)24-17-30-25(31-24)23(15-18-5-3-2-4-6-18)32-27(34)22-9-7-19(16-28)8-10-22;3-2(4,5)1(6)7/h2-6,11-14,17,19,22-23H,7-10,15-16,28H2,1H3,(H,29,33)(H,30,31)(H,32,34);(H,6,7)/t19?,22?,23-;/m0./s1. The fourth-order valence-electron chi connectivity index (χ4n) is 4.62. The predicted molar refractivity (Wildman–Crippen MR) is 147 cm³/mol. The Morgan fingerprint density at radius 3 is 2.20 bits per heavy atom. The van der Waals surface area contributed by atoms with Gasteiger partial charge >= 0.3 is 12.1 Å². The largest absolute Gasteiger partial charge is 0.490 e. The van der Waals surface area contributed by atoms with Gasteiger partial charge < -0.3 is 26.5 Å². The second-order valence-electron chi connectivity index (χ2n) is 9.85. The van der Waals surface area contributed by atoms with Gasteiger partial charge in [-0.15, -0.1) is 0 Å². The molecule has 1 saturated carbocycles. The van der Waals surface area contributed by atoms with E-state index in [9.17, 15) is 22.8 Å². The predicted octanol–water partition coefficient (Wildman–Crippen LogP) is 4.23. The number of halogens is 3. The number of carboxylic acids is 1. The Morgan fingerprint density at radius 2 is 1.66 bits per heavy atom. The van der Waals surface area contributed by atoms with E-state index in [4.69, 9.17) is 15.6 Å². The van der Waals surface area contributed by atoms with E-state index in [0.717, 1.165) is 48.3 Å². The maximum Gasteiger partial charge on any atom is 0.490 e. The van der Waals surface area contributed by atoms with E-state index in [1.165, 1.54) is 0 Å². The zero-order valence-electron chi connectivity index (χ0n) is 22.6. The summed E-state index contributed by atoms with van der Waals surface area (Å²) >= 11 is 0. The third-order valence-electron chi connectivity index (χ3n) is 7.00. The number of benzene rings is 2. The second-order valence-corrected chi connectivity index (χ2v) is 9.85. The average Bonchev–Trinajstić information content (AvgIpc) is 3.47. The van der Waals surface area contributed by atoms with Crippen LogP contribution in [0.3, 0.4) is 0 Å². The van der Waals surface area contributed by atoms with Crippen molar-refractivity contribution in [2.24, 2.45) is 17.6 Å². The van der Waals surface area contributed by atoms with Crippen molar-refractivity contribution in [3.8, 4) is 11.3 Å². The molecule has 1 aliphatic rings. The van der Waals surface area contributed by atoms with E-state index in [0.29, 0.717) is 24.4 Å². The first-order chi connectivity index (χ1) is 19.5. The van der Waals surface area contributed by atoms with Crippen molar-refractivity contribution in [1.82, 2.24) is 20.6 Å². The van der Waals surface area contributed by atoms with Crippen LogP contribution < -0.4 is 16.4 Å². The molecule has 2 amide bonds. The molecule has 3 aromatic rings. The van der Waals surface area contributed by atoms with Crippen molar-refractivity contribution >= 4 is 17.8 Å². The lowest BCUT2D eigenvalue weighted by molar-refractivity contribution is -0.192. The molecule has 2 aromatic carbocycles. The molecular weight excluding hydrogens is 539 g/mol. The van der Waals surface area contributed by atoms with Gasteiger partial charge in [0.15, 0.2) is 0 Å². The molecule has 0 bridgehead atoms. The topological polar surface area (TPSA) is 150 Å². The van der Waals surface area contributed by atoms with E-state index < -0.39 is 12.1 Å². The van der Waals surface area contributed by atoms with Gasteiger partial charge in [-0.25, -0.2) is 9.78 Å². The molecule has 1 heterocycles. The molecule has 9 nitrogen and oxygen atoms in total. The highest BCUT2D eigenvalue weighted by Crippen LogP contribution is 2.29. The Kier molecular flexibility index (Phi) is 11.0. The quantitative estimate of drug-likeness (QED) is 0.272. The van der Waals surface area contributed by atoms with Crippen molar-refractivity contribution in [3.05, 3.63) is 77.7 Å². The zero-order chi connectivity index (χ0) is 30.0. The number of alkyl halides is 3. The monoisotopic (exact) mass is 573 g/mol. The summed E-state index contributed by atoms with van der Waals surface area (Å²) in [5.74, 6) is -1.52. The number of rotatable bonds is 8. The number of H-pyrrole nitrogens is 1. The van der Waals surface area contributed by atoms with Gasteiger partial charge in [0.25, 0.3) is 5.91 Å². The van der Waals surface area contributed by atoms with Crippen LogP contribution in [-0.4, -0.2) is 52.6 Å². The maximum atomic E-state index is 13.2. The molecule has 1 fully saturated rings. The number of hydrogen-bond donors (Lipinski definition) is 5. The molecule has 4 rings (SSSR count). The van der Waals surface area contributed by atoms with Crippen molar-refractivity contribution in [2.75, 3.05) is 13.6 Å². The van der Waals surface area contributed by atoms with Crippen LogP contribution in [0.2, 0.25) is 0 Å². The number of nitrogens with two attached hydrogens (primary N) is 1. The van der Waals surface area contributed by atoms with Gasteiger partial charge in [-0.05, 0) is 67.8 Å². The molecule has 12 heteroatoms. The van der Waals surface area contributed by atoms with Gasteiger partial charge in [-0.1, -0.05) is 42.5 Å². The molecule has 1 atom stereocenters. The summed E-state index contributed by atoms with van der Waals surface area (Å²) in [4.78, 5) is 41.9. The van der Waals surface area contributed by atoms with Crippen LogP contribution in [0.4, 0.5) is 13.2 Å². The zero-order valence-corrected chi connectivity index (χ0v) is 22.6. The Bertz CT molecular complexity index is 1290. The van der Waals surface area contributed by atoms with Crippen molar-refractivity contribution in [1.29, 1.82) is 0 Å². The van der Waals surface area contributed by atoms with Crippen LogP contribution in [0.5, 0.6) is 0 Å². The minimum absolute atomic E-state index is 0.0211. The molecular formula is C29H34F3N5O4. The van der Waals surface area contributed by atoms with Crippen molar-refractivity contribution < 1.29 is 32.7 Å². The average molecular weight is 574 g/mol. The van der Waals surface area contributed by atoms with Gasteiger partial charge in [0.1, 0.15) is 5.82 Å². The minimum atomic E-state index is -5.08. The number of nitrogens with zero attached hydrogens (tertiary/aromatic N) is 1. The number of amides is 2. The number of nitrogens with one attached hydrogen (secondary N) is 3. The van der Waals surface area contributed by atoms with E-state index in [-0.39, 0.29) is 23.8 Å². The number of carbonyl (C=O) groups excluding carboxylic acids is 2. The highest BCUT2D eigenvalue weighted by Gasteiger charge is 2.38. The van der Waals surface area contributed by atoms with Gasteiger partial charge in [-0.2, -0.15) is 13.2 Å². The molecule has 1 aromatic heterocycles. The van der Waals surface area contributed by atoms with Crippen molar-refractivity contribution in [3.63, 3.8) is 0 Å². The van der Waals surface area contributed by atoms with Crippen LogP contribution in [0.1, 0.15) is 53.5 Å². The number of carboxylic acid groups (broad SMARTS) is 1. The first-order valence-electron chi connectivity index (χ1n) is 13.2. The van der Waals surface area contributed by atoms with Crippen LogP contribution in [-0.2, 0) is 16.0 Å². The second kappa shape index (κ2) is 14.4. The summed E-state index contributed by atoms with van der Waals surface area (Å²) in [6.07, 6.45) is 1.12. The highest BCUT2D eigenvalue weighted by molar-refractivity contribution is 5.94. The molecule has 0 saturated heterocycles. The molecule has 220 valence electrons. The lowest BCUT2D eigenvalue weighted by Crippen LogP contribution is -2.37. The van der Waals surface area contributed by atoms with E-state index in [1.807, 2.05) is 30.3 Å². The van der Waals surface area contributed by atoms with Crippen LogP contribution in [0.25, 0.3) is 11.3 Å². The van der Waals surface area contributed by atoms with Crippen LogP contribution in [0, 0.1) is 11.8 Å². The SMILES string of the molecule is CNC(=O)c1ccc(-c2cnc([C@H](Cc3ccccc3)NC(=O)C3CCC(CN)CC3)[nH]2)cc1.O=C(O)C(F)(F)F. The third-order valence-corrected chi connectivity index (χ3v) is 7.00. The molecule has 1 aliphatic carbocycles. The summed E-state index contributed by atoms with van der Waals surface area (Å²) in [5.41, 5.74) is 9.32. The lowest BCUT2D eigenvalue weighted by atomic mass is 9.81. The fraction of sp³-hybridized carbons (Fsp3) is 0.379. The smallest absolute Gasteiger partial charge is 0.475 e. The Morgan fingerprint density at radius 1 is 1.05 bits per heavy atom. The van der Waals surface area contributed by atoms with Gasteiger partial charge in [0, 0.05) is 18.5 Å². The minimum Gasteiger partial charge on any atom is -0.475 e. The molecule has 41 heavy (non-hydrogen) atoms. The van der Waals surface area contributed by atoms with Gasteiger partial charge in [0.2, 0.25) is 5.91 Å². The highest BCUT2D eigenvalue weighted by atomic mass is 19.4. The van der Waals surface area contributed by atoms with E-state index in [1.54, 1.807) is 25.4 Å². The number of aromatic amines is 1. The molecule has 0 radical (unpaired) electrons. The van der Waals surface area contributed by atoms with Crippen LogP contribution in [0.15, 0.2) is 60.8 Å². The van der Waals surface area contributed by atoms with Crippen molar-refractivity contribution in [2.45, 2.75) is 44.3 Å². The number of imidazole rings is 1. The van der Waals surface area contributed by atoms with Gasteiger partial charge in [-0.3, -0.25) is 9.59 Å². The molecule has 0 unspecified atom stereocenters. The van der Waals surface area contributed by atoms with E-state index in [2.05, 4.69) is 32.7 Å². The number of hydrogen-bond acceptors (Lipinski definition) is 5. The Labute approximate surface area is 235 Å². The summed E-state index contributed by atoms with van der Waals surface area (Å²) in [6.45, 7) is 0.699. The fourth-order valence-corrected chi connectivity index (χ4v) is 4.62. The number of carbonyl (C=O) groups is 3. The summed E-state index contributed by atoms with van der Waals surface area (Å²) in [6, 6.07) is 17.2. The third kappa shape index (κ3) is 9.17. The van der Waals surface area contributed by atoms with E-state index >= 15 is 0 Å². The number of aliphatic carboxylic acids is 1.